The Kier molecular flexibility index (Phi) is 5.51. The molecule has 2 rings (SSSR count). The zero-order valence-corrected chi connectivity index (χ0v) is 12.7. The summed E-state index contributed by atoms with van der Waals surface area (Å²) in [5.74, 6) is -0.187. The molecule has 23 heavy (non-hydrogen) atoms. The lowest BCUT2D eigenvalue weighted by Crippen LogP contribution is -2.24. The summed E-state index contributed by atoms with van der Waals surface area (Å²) in [6, 6.07) is 11.3. The van der Waals surface area contributed by atoms with Crippen molar-refractivity contribution in [2.45, 2.75) is 13.0 Å². The Morgan fingerprint density at radius 2 is 1.65 bits per heavy atom. The van der Waals surface area contributed by atoms with Crippen LogP contribution < -0.4 is 21.5 Å². The zero-order chi connectivity index (χ0) is 16.7. The molecule has 0 bridgehead atoms. The van der Waals surface area contributed by atoms with Crippen LogP contribution in [0.3, 0.4) is 0 Å². The van der Waals surface area contributed by atoms with E-state index in [2.05, 4.69) is 16.0 Å². The largest absolute Gasteiger partial charge is 0.341 e. The molecule has 1 heterocycles. The SMILES string of the molecule is CNC(=O)Nc1ccc(NC(=O)CCn2ccccc2=O)cc1. The topological polar surface area (TPSA) is 92.2 Å². The van der Waals surface area contributed by atoms with Crippen LogP contribution in [0.15, 0.2) is 53.5 Å². The molecule has 0 atom stereocenters. The normalized spacial score (nSPS) is 9.96. The summed E-state index contributed by atoms with van der Waals surface area (Å²) in [5.41, 5.74) is 1.11. The number of hydrogen-bond acceptors (Lipinski definition) is 3. The van der Waals surface area contributed by atoms with Crippen molar-refractivity contribution in [2.75, 3.05) is 17.7 Å². The van der Waals surface area contributed by atoms with E-state index in [-0.39, 0.29) is 23.9 Å². The third kappa shape index (κ3) is 4.99. The quantitative estimate of drug-likeness (QED) is 0.783. The number of nitrogens with one attached hydrogen (secondary N) is 3. The molecule has 7 heteroatoms. The fourth-order valence-corrected chi connectivity index (χ4v) is 1.92. The molecule has 0 spiro atoms. The van der Waals surface area contributed by atoms with Crippen molar-refractivity contribution in [3.05, 3.63) is 59.0 Å². The highest BCUT2D eigenvalue weighted by atomic mass is 16.2. The first-order valence-corrected chi connectivity index (χ1v) is 7.12. The molecule has 0 radical (unpaired) electrons. The van der Waals surface area contributed by atoms with Gasteiger partial charge < -0.3 is 20.5 Å². The highest BCUT2D eigenvalue weighted by Crippen LogP contribution is 2.13. The second-order valence-electron chi connectivity index (χ2n) is 4.81. The lowest BCUT2D eigenvalue weighted by molar-refractivity contribution is -0.116. The predicted molar refractivity (Wildman–Crippen MR) is 88.5 cm³/mol. The molecule has 0 aliphatic rings. The maximum atomic E-state index is 11.9. The summed E-state index contributed by atoms with van der Waals surface area (Å²) in [6.45, 7) is 0.321. The molecule has 2 aromatic rings. The molecular formula is C16H18N4O3. The minimum atomic E-state index is -0.310. The van der Waals surface area contributed by atoms with Crippen molar-refractivity contribution in [3.8, 4) is 0 Å². The smallest absolute Gasteiger partial charge is 0.318 e. The van der Waals surface area contributed by atoms with Crippen molar-refractivity contribution in [1.82, 2.24) is 9.88 Å². The number of benzene rings is 1. The number of aromatic nitrogens is 1. The number of carbonyl (C=O) groups is 2. The van der Waals surface area contributed by atoms with E-state index in [0.29, 0.717) is 17.9 Å². The molecule has 1 aromatic carbocycles. The molecule has 3 amide bonds. The Hall–Kier alpha value is -3.09. The van der Waals surface area contributed by atoms with Crippen molar-refractivity contribution >= 4 is 23.3 Å². The summed E-state index contributed by atoms with van der Waals surface area (Å²) in [7, 11) is 1.53. The van der Waals surface area contributed by atoms with Gasteiger partial charge in [0, 0.05) is 43.7 Å². The summed E-state index contributed by atoms with van der Waals surface area (Å²) in [5, 5.41) is 7.82. The van der Waals surface area contributed by atoms with Crippen LogP contribution in [-0.2, 0) is 11.3 Å². The number of amides is 3. The minimum absolute atomic E-state index is 0.134. The third-order valence-corrected chi connectivity index (χ3v) is 3.13. The van der Waals surface area contributed by atoms with Gasteiger partial charge in [0.15, 0.2) is 0 Å². The molecule has 3 N–H and O–H groups in total. The fraction of sp³-hybridized carbons (Fsp3) is 0.188. The van der Waals surface area contributed by atoms with Crippen LogP contribution in [0.1, 0.15) is 6.42 Å². The summed E-state index contributed by atoms with van der Waals surface area (Å²) in [6.07, 6.45) is 1.84. The maximum absolute atomic E-state index is 11.9. The van der Waals surface area contributed by atoms with Gasteiger partial charge in [0.25, 0.3) is 5.56 Å². The monoisotopic (exact) mass is 314 g/mol. The highest BCUT2D eigenvalue weighted by molar-refractivity contribution is 5.92. The Morgan fingerprint density at radius 1 is 1.00 bits per heavy atom. The second-order valence-corrected chi connectivity index (χ2v) is 4.81. The first-order valence-electron chi connectivity index (χ1n) is 7.12. The highest BCUT2D eigenvalue weighted by Gasteiger charge is 2.04. The predicted octanol–water partition coefficient (Wildman–Crippen LogP) is 1.63. The van der Waals surface area contributed by atoms with Gasteiger partial charge in [0.1, 0.15) is 0 Å². The molecule has 120 valence electrons. The maximum Gasteiger partial charge on any atom is 0.318 e. The lowest BCUT2D eigenvalue weighted by atomic mass is 10.2. The number of urea groups is 1. The second kappa shape index (κ2) is 7.79. The average Bonchev–Trinajstić information content (AvgIpc) is 2.56. The van der Waals surface area contributed by atoms with E-state index in [4.69, 9.17) is 0 Å². The van der Waals surface area contributed by atoms with Crippen molar-refractivity contribution < 1.29 is 9.59 Å². The minimum Gasteiger partial charge on any atom is -0.341 e. The van der Waals surface area contributed by atoms with Gasteiger partial charge in [0.2, 0.25) is 5.91 Å². The zero-order valence-electron chi connectivity index (χ0n) is 12.7. The Morgan fingerprint density at radius 3 is 2.26 bits per heavy atom. The van der Waals surface area contributed by atoms with Gasteiger partial charge >= 0.3 is 6.03 Å². The van der Waals surface area contributed by atoms with Gasteiger partial charge in [-0.1, -0.05) is 6.07 Å². The molecule has 0 aliphatic carbocycles. The van der Waals surface area contributed by atoms with E-state index in [9.17, 15) is 14.4 Å². The number of aryl methyl sites for hydroxylation is 1. The van der Waals surface area contributed by atoms with Crippen molar-refractivity contribution in [2.24, 2.45) is 0 Å². The number of hydrogen-bond donors (Lipinski definition) is 3. The van der Waals surface area contributed by atoms with Crippen LogP contribution in [0, 0.1) is 0 Å². The average molecular weight is 314 g/mol. The summed E-state index contributed by atoms with van der Waals surface area (Å²) in [4.78, 5) is 34.6. The van der Waals surface area contributed by atoms with E-state index in [0.717, 1.165) is 0 Å². The van der Waals surface area contributed by atoms with Gasteiger partial charge in [-0.2, -0.15) is 0 Å². The van der Waals surface area contributed by atoms with Crippen LogP contribution in [0.2, 0.25) is 0 Å². The van der Waals surface area contributed by atoms with Gasteiger partial charge in [-0.3, -0.25) is 9.59 Å². The van der Waals surface area contributed by atoms with E-state index < -0.39 is 0 Å². The lowest BCUT2D eigenvalue weighted by Gasteiger charge is -2.08. The molecule has 0 saturated heterocycles. The molecule has 0 unspecified atom stereocenters. The van der Waals surface area contributed by atoms with Crippen molar-refractivity contribution in [1.29, 1.82) is 0 Å². The first-order chi connectivity index (χ1) is 11.1. The summed E-state index contributed by atoms with van der Waals surface area (Å²) < 4.78 is 1.48. The third-order valence-electron chi connectivity index (χ3n) is 3.13. The standard InChI is InChI=1S/C16H18N4O3/c1-17-16(23)19-13-7-5-12(6-8-13)18-14(21)9-11-20-10-3-2-4-15(20)22/h2-8,10H,9,11H2,1H3,(H,18,21)(H2,17,19,23). The van der Waals surface area contributed by atoms with Gasteiger partial charge in [0.05, 0.1) is 0 Å². The van der Waals surface area contributed by atoms with Crippen LogP contribution in [-0.4, -0.2) is 23.6 Å². The van der Waals surface area contributed by atoms with E-state index in [1.165, 1.54) is 17.7 Å². The molecular weight excluding hydrogens is 296 g/mol. The number of pyridine rings is 1. The molecule has 0 saturated carbocycles. The fourth-order valence-electron chi connectivity index (χ4n) is 1.92. The van der Waals surface area contributed by atoms with Crippen LogP contribution in [0.25, 0.3) is 0 Å². The number of anilines is 2. The Balaban J connectivity index is 1.87. The number of rotatable bonds is 5. The van der Waals surface area contributed by atoms with Crippen LogP contribution in [0.5, 0.6) is 0 Å². The molecule has 1 aromatic heterocycles. The Labute approximate surface area is 133 Å². The van der Waals surface area contributed by atoms with Crippen LogP contribution in [0.4, 0.5) is 16.2 Å². The van der Waals surface area contributed by atoms with Gasteiger partial charge in [-0.25, -0.2) is 4.79 Å². The number of nitrogens with zero attached hydrogens (tertiary/aromatic N) is 1. The molecule has 0 fully saturated rings. The number of carbonyl (C=O) groups excluding carboxylic acids is 2. The van der Waals surface area contributed by atoms with E-state index >= 15 is 0 Å². The Bertz CT molecular complexity index is 737. The van der Waals surface area contributed by atoms with Crippen molar-refractivity contribution in [3.63, 3.8) is 0 Å². The summed E-state index contributed by atoms with van der Waals surface area (Å²) >= 11 is 0. The van der Waals surface area contributed by atoms with E-state index in [1.54, 1.807) is 42.6 Å². The first kappa shape index (κ1) is 16.3. The van der Waals surface area contributed by atoms with Crippen LogP contribution >= 0.6 is 0 Å². The van der Waals surface area contributed by atoms with Gasteiger partial charge in [-0.15, -0.1) is 0 Å². The molecule has 7 nitrogen and oxygen atoms in total. The molecule has 0 aliphatic heterocycles. The van der Waals surface area contributed by atoms with Gasteiger partial charge in [-0.05, 0) is 30.3 Å². The van der Waals surface area contributed by atoms with E-state index in [1.807, 2.05) is 0 Å².